The lowest BCUT2D eigenvalue weighted by Crippen LogP contribution is -2.50. The quantitative estimate of drug-likeness (QED) is 0.461. The second kappa shape index (κ2) is 9.91. The summed E-state index contributed by atoms with van der Waals surface area (Å²) in [6, 6.07) is 10.4. The zero-order valence-electron chi connectivity index (χ0n) is 18.5. The van der Waals surface area contributed by atoms with Crippen LogP contribution in [-0.4, -0.2) is 31.5 Å². The van der Waals surface area contributed by atoms with Gasteiger partial charge in [0.15, 0.2) is 0 Å². The van der Waals surface area contributed by atoms with Gasteiger partial charge in [0.25, 0.3) is 5.69 Å². The average Bonchev–Trinajstić information content (AvgIpc) is 2.70. The number of nitrogens with one attached hydrogen (secondary N) is 1. The van der Waals surface area contributed by atoms with Gasteiger partial charge in [0, 0.05) is 12.1 Å². The van der Waals surface area contributed by atoms with Crippen LogP contribution in [0.1, 0.15) is 49.4 Å². The van der Waals surface area contributed by atoms with Gasteiger partial charge < -0.3 is 5.32 Å². The molecule has 2 rings (SSSR count). The molecule has 168 valence electrons. The fraction of sp³-hybridized carbons (Fsp3) is 0.409. The summed E-state index contributed by atoms with van der Waals surface area (Å²) in [7, 11) is -3.90. The number of sulfonamides is 1. The van der Waals surface area contributed by atoms with Crippen LogP contribution >= 0.6 is 0 Å². The number of nitro benzene ring substituents is 1. The Labute approximate surface area is 183 Å². The van der Waals surface area contributed by atoms with E-state index in [1.54, 1.807) is 13.8 Å². The Hall–Kier alpha value is -2.94. The zero-order valence-corrected chi connectivity index (χ0v) is 19.3. The number of anilines is 1. The minimum atomic E-state index is -3.90. The molecule has 0 saturated carbocycles. The molecule has 2 aromatic carbocycles. The second-order valence-corrected chi connectivity index (χ2v) is 9.45. The van der Waals surface area contributed by atoms with Crippen LogP contribution in [0.2, 0.25) is 0 Å². The number of nitrogens with zero attached hydrogens (tertiary/aromatic N) is 2. The molecule has 0 unspecified atom stereocenters. The number of carbonyl (C=O) groups is 1. The van der Waals surface area contributed by atoms with E-state index < -0.39 is 26.9 Å². The molecule has 8 nitrogen and oxygen atoms in total. The fourth-order valence-corrected chi connectivity index (χ4v) is 4.73. The molecule has 9 heteroatoms. The molecule has 0 aliphatic heterocycles. The van der Waals surface area contributed by atoms with Gasteiger partial charge in [-0.1, -0.05) is 49.7 Å². The number of rotatable bonds is 9. The number of nitro groups is 1. The molecule has 0 fully saturated rings. The molecule has 0 heterocycles. The summed E-state index contributed by atoms with van der Waals surface area (Å²) in [5, 5.41) is 14.2. The second-order valence-electron chi connectivity index (χ2n) is 7.59. The first-order chi connectivity index (χ1) is 14.5. The number of non-ortho nitro benzene ring substituents is 1. The van der Waals surface area contributed by atoms with Crippen molar-refractivity contribution in [3.63, 3.8) is 0 Å². The van der Waals surface area contributed by atoms with Gasteiger partial charge in [0.1, 0.15) is 6.04 Å². The van der Waals surface area contributed by atoms with Crippen LogP contribution in [0.15, 0.2) is 42.5 Å². The Balaban J connectivity index is 2.45. The van der Waals surface area contributed by atoms with Crippen LogP contribution in [0.3, 0.4) is 0 Å². The Kier molecular flexibility index (Phi) is 7.78. The Bertz CT molecular complexity index is 1050. The standard InChI is InChI=1S/C22H29N3O5S/c1-6-19(17-11-8-15(3)9-12-17)23-22(26)20(7-2)24(31(5,29)30)21-14-18(25(27)28)13-10-16(21)4/h8-14,19-20H,6-7H2,1-5H3,(H,23,26)/t19-,20-/m1/s1. The topological polar surface area (TPSA) is 110 Å². The molecule has 31 heavy (non-hydrogen) atoms. The maximum absolute atomic E-state index is 13.2. The van der Waals surface area contributed by atoms with Crippen molar-refractivity contribution >= 4 is 27.3 Å². The van der Waals surface area contributed by atoms with Crippen LogP contribution in [0.5, 0.6) is 0 Å². The van der Waals surface area contributed by atoms with Crippen LogP contribution in [0, 0.1) is 24.0 Å². The maximum Gasteiger partial charge on any atom is 0.271 e. The zero-order chi connectivity index (χ0) is 23.3. The summed E-state index contributed by atoms with van der Waals surface area (Å²) < 4.78 is 26.4. The molecular weight excluding hydrogens is 418 g/mol. The third-order valence-corrected chi connectivity index (χ3v) is 6.34. The van der Waals surface area contributed by atoms with E-state index in [1.807, 2.05) is 38.1 Å². The third-order valence-electron chi connectivity index (χ3n) is 5.18. The van der Waals surface area contributed by atoms with Crippen molar-refractivity contribution < 1.29 is 18.1 Å². The Morgan fingerprint density at radius 2 is 1.71 bits per heavy atom. The van der Waals surface area contributed by atoms with E-state index in [4.69, 9.17) is 0 Å². The minimum Gasteiger partial charge on any atom is -0.347 e. The summed E-state index contributed by atoms with van der Waals surface area (Å²) in [4.78, 5) is 23.9. The molecule has 0 spiro atoms. The van der Waals surface area contributed by atoms with E-state index in [-0.39, 0.29) is 23.8 Å². The SMILES string of the molecule is CC[C@H](C(=O)N[C@H](CC)c1ccc(C)cc1)N(c1cc([N+](=O)[O-])ccc1C)S(C)(=O)=O. The molecule has 0 aliphatic carbocycles. The van der Waals surface area contributed by atoms with Crippen molar-refractivity contribution in [1.29, 1.82) is 0 Å². The molecule has 0 saturated heterocycles. The van der Waals surface area contributed by atoms with E-state index in [9.17, 15) is 23.3 Å². The normalized spacial score (nSPS) is 13.3. The average molecular weight is 448 g/mol. The number of hydrogen-bond donors (Lipinski definition) is 1. The number of benzene rings is 2. The van der Waals surface area contributed by atoms with E-state index in [1.165, 1.54) is 18.2 Å². The predicted octanol–water partition coefficient (Wildman–Crippen LogP) is 4.02. The predicted molar refractivity (Wildman–Crippen MR) is 122 cm³/mol. The van der Waals surface area contributed by atoms with E-state index in [0.29, 0.717) is 12.0 Å². The fourth-order valence-electron chi connectivity index (χ4n) is 3.47. The van der Waals surface area contributed by atoms with Gasteiger partial charge in [-0.05, 0) is 37.8 Å². The third kappa shape index (κ3) is 5.81. The summed E-state index contributed by atoms with van der Waals surface area (Å²) in [5.74, 6) is -0.453. The van der Waals surface area contributed by atoms with Crippen molar-refractivity contribution in [2.75, 3.05) is 10.6 Å². The van der Waals surface area contributed by atoms with Gasteiger partial charge in [-0.25, -0.2) is 8.42 Å². The van der Waals surface area contributed by atoms with Gasteiger partial charge in [0.05, 0.1) is 22.9 Å². The van der Waals surface area contributed by atoms with E-state index in [0.717, 1.165) is 21.7 Å². The van der Waals surface area contributed by atoms with Gasteiger partial charge in [0.2, 0.25) is 15.9 Å². The molecule has 0 bridgehead atoms. The first-order valence-electron chi connectivity index (χ1n) is 10.1. The number of hydrogen-bond acceptors (Lipinski definition) is 5. The number of amides is 1. The van der Waals surface area contributed by atoms with E-state index >= 15 is 0 Å². The van der Waals surface area contributed by atoms with Crippen LogP contribution in [0.25, 0.3) is 0 Å². The van der Waals surface area contributed by atoms with Gasteiger partial charge in [-0.3, -0.25) is 19.2 Å². The summed E-state index contributed by atoms with van der Waals surface area (Å²) >= 11 is 0. The van der Waals surface area contributed by atoms with Gasteiger partial charge in [-0.15, -0.1) is 0 Å². The monoisotopic (exact) mass is 447 g/mol. The lowest BCUT2D eigenvalue weighted by molar-refractivity contribution is -0.384. The van der Waals surface area contributed by atoms with Crippen molar-refractivity contribution in [3.05, 3.63) is 69.3 Å². The highest BCUT2D eigenvalue weighted by Crippen LogP contribution is 2.30. The minimum absolute atomic E-state index is 0.127. The highest BCUT2D eigenvalue weighted by atomic mass is 32.2. The first-order valence-corrected chi connectivity index (χ1v) is 12.0. The van der Waals surface area contributed by atoms with Crippen molar-refractivity contribution in [2.24, 2.45) is 0 Å². The molecular formula is C22H29N3O5S. The highest BCUT2D eigenvalue weighted by Gasteiger charge is 2.34. The molecule has 2 atom stereocenters. The molecule has 2 aromatic rings. The maximum atomic E-state index is 13.2. The summed E-state index contributed by atoms with van der Waals surface area (Å²) in [6.07, 6.45) is 1.82. The van der Waals surface area contributed by atoms with Gasteiger partial charge in [-0.2, -0.15) is 0 Å². The van der Waals surface area contributed by atoms with Crippen molar-refractivity contribution in [1.82, 2.24) is 5.32 Å². The summed E-state index contributed by atoms with van der Waals surface area (Å²) in [6.45, 7) is 7.28. The largest absolute Gasteiger partial charge is 0.347 e. The van der Waals surface area contributed by atoms with Crippen molar-refractivity contribution in [3.8, 4) is 0 Å². The highest BCUT2D eigenvalue weighted by molar-refractivity contribution is 7.92. The lowest BCUT2D eigenvalue weighted by atomic mass is 10.0. The van der Waals surface area contributed by atoms with Crippen LogP contribution < -0.4 is 9.62 Å². The van der Waals surface area contributed by atoms with Crippen LogP contribution in [0.4, 0.5) is 11.4 Å². The lowest BCUT2D eigenvalue weighted by Gasteiger charge is -2.32. The first kappa shape index (κ1) is 24.3. The molecule has 0 aliphatic rings. The molecule has 0 aromatic heterocycles. The molecule has 1 amide bonds. The van der Waals surface area contributed by atoms with Crippen molar-refractivity contribution in [2.45, 2.75) is 52.6 Å². The molecule has 1 N–H and O–H groups in total. The van der Waals surface area contributed by atoms with Crippen LogP contribution in [-0.2, 0) is 14.8 Å². The summed E-state index contributed by atoms with van der Waals surface area (Å²) in [5.41, 5.74) is 2.43. The smallest absolute Gasteiger partial charge is 0.271 e. The number of carbonyl (C=O) groups excluding carboxylic acids is 1. The Morgan fingerprint density at radius 3 is 2.19 bits per heavy atom. The molecule has 0 radical (unpaired) electrons. The number of aryl methyl sites for hydroxylation is 2. The Morgan fingerprint density at radius 1 is 1.10 bits per heavy atom. The van der Waals surface area contributed by atoms with Gasteiger partial charge >= 0.3 is 0 Å². The van der Waals surface area contributed by atoms with E-state index in [2.05, 4.69) is 5.32 Å².